The second kappa shape index (κ2) is 10.5. The highest BCUT2D eigenvalue weighted by Gasteiger charge is 2.22. The van der Waals surface area contributed by atoms with E-state index in [1.807, 2.05) is 11.3 Å². The average molecular weight is 593 g/mol. The van der Waals surface area contributed by atoms with Crippen molar-refractivity contribution in [1.29, 1.82) is 0 Å². The molecule has 7 aromatic carbocycles. The van der Waals surface area contributed by atoms with Gasteiger partial charge >= 0.3 is 0 Å². The largest absolute Gasteiger partial charge is 0.311 e. The third-order valence-corrected chi connectivity index (χ3v) is 9.95. The molecule has 2 heterocycles. The van der Waals surface area contributed by atoms with E-state index >= 15 is 0 Å². The monoisotopic (exact) mass is 592 g/mol. The summed E-state index contributed by atoms with van der Waals surface area (Å²) in [6.45, 7) is 0. The first-order chi connectivity index (χ1) is 22.3. The highest BCUT2D eigenvalue weighted by Crippen LogP contribution is 2.47. The summed E-state index contributed by atoms with van der Waals surface area (Å²) in [5.74, 6) is 0. The van der Waals surface area contributed by atoms with Gasteiger partial charge in [-0.3, -0.25) is 4.40 Å². The zero-order valence-corrected chi connectivity index (χ0v) is 25.3. The third-order valence-electron chi connectivity index (χ3n) is 8.76. The molecule has 3 heteroatoms. The van der Waals surface area contributed by atoms with Gasteiger partial charge in [0.05, 0.1) is 15.7 Å². The highest BCUT2D eigenvalue weighted by molar-refractivity contribution is 7.25. The lowest BCUT2D eigenvalue weighted by molar-refractivity contribution is 1.28. The fourth-order valence-electron chi connectivity index (χ4n) is 6.76. The Labute approximate surface area is 265 Å². The lowest BCUT2D eigenvalue weighted by Gasteiger charge is -2.25. The van der Waals surface area contributed by atoms with Crippen LogP contribution in [0.15, 0.2) is 170 Å². The molecule has 45 heavy (non-hydrogen) atoms. The molecule has 0 radical (unpaired) electrons. The summed E-state index contributed by atoms with van der Waals surface area (Å²) in [4.78, 5) is 3.60. The second-order valence-corrected chi connectivity index (χ2v) is 12.4. The molecule has 9 aromatic rings. The topological polar surface area (TPSA) is 7.65 Å². The molecule has 0 fully saturated rings. The number of anilines is 3. The molecular formula is C42H28N2S. The maximum absolute atomic E-state index is 2.50. The molecule has 0 amide bonds. The normalized spacial score (nSPS) is 11.6. The molecular weight excluding hydrogens is 565 g/mol. The number of hydrogen-bond donors (Lipinski definition) is 0. The van der Waals surface area contributed by atoms with Crippen LogP contribution in [-0.2, 0) is 0 Å². The van der Waals surface area contributed by atoms with Crippen LogP contribution in [-0.4, -0.2) is 4.40 Å². The van der Waals surface area contributed by atoms with Crippen molar-refractivity contribution < 1.29 is 0 Å². The average Bonchev–Trinajstić information content (AvgIpc) is 3.65. The Morgan fingerprint density at radius 2 is 1.02 bits per heavy atom. The van der Waals surface area contributed by atoms with Crippen molar-refractivity contribution in [3.8, 4) is 22.3 Å². The number of benzene rings is 7. The first-order valence-electron chi connectivity index (χ1n) is 15.3. The van der Waals surface area contributed by atoms with E-state index in [0.29, 0.717) is 0 Å². The molecule has 212 valence electrons. The number of nitrogens with zero attached hydrogens (tertiary/aromatic N) is 2. The predicted octanol–water partition coefficient (Wildman–Crippen LogP) is 12.3. The van der Waals surface area contributed by atoms with Crippen LogP contribution in [0.4, 0.5) is 17.1 Å². The van der Waals surface area contributed by atoms with Crippen LogP contribution >= 0.6 is 11.3 Å². The van der Waals surface area contributed by atoms with Crippen LogP contribution in [0.1, 0.15) is 0 Å². The maximum Gasteiger partial charge on any atom is 0.109 e. The minimum Gasteiger partial charge on any atom is -0.311 e. The molecule has 0 bridgehead atoms. The van der Waals surface area contributed by atoms with E-state index in [9.17, 15) is 0 Å². The number of aromatic nitrogens is 1. The molecule has 0 unspecified atom stereocenters. The van der Waals surface area contributed by atoms with E-state index in [-0.39, 0.29) is 0 Å². The van der Waals surface area contributed by atoms with Crippen LogP contribution < -0.4 is 4.90 Å². The molecule has 0 atom stereocenters. The maximum atomic E-state index is 2.50. The van der Waals surface area contributed by atoms with E-state index in [4.69, 9.17) is 0 Å². The van der Waals surface area contributed by atoms with Crippen LogP contribution in [0.2, 0.25) is 0 Å². The van der Waals surface area contributed by atoms with E-state index in [2.05, 4.69) is 179 Å². The molecule has 0 spiro atoms. The van der Waals surface area contributed by atoms with Gasteiger partial charge in [0.25, 0.3) is 0 Å². The minimum atomic E-state index is 1.13. The predicted molar refractivity (Wildman–Crippen MR) is 193 cm³/mol. The minimum absolute atomic E-state index is 1.13. The first kappa shape index (κ1) is 25.8. The van der Waals surface area contributed by atoms with Crippen molar-refractivity contribution in [2.45, 2.75) is 0 Å². The van der Waals surface area contributed by atoms with Crippen LogP contribution in [0.3, 0.4) is 0 Å². The van der Waals surface area contributed by atoms with Gasteiger partial charge in [-0.05, 0) is 65.0 Å². The Hall–Kier alpha value is -5.64. The standard InChI is InChI=1S/C42H28N2S/c1-4-14-30(15-5-1)39-36-22-12-13-23-38(36)44-40-35-21-11-10-16-31(35)28-37(41(40)45-42(39)44)29-24-26-34(27-25-29)43(32-17-6-2-7-18-32)33-19-8-3-9-20-33/h1-28H. The molecule has 0 aliphatic heterocycles. The molecule has 0 saturated heterocycles. The zero-order valence-electron chi connectivity index (χ0n) is 24.5. The zero-order chi connectivity index (χ0) is 29.7. The molecule has 2 nitrogen and oxygen atoms in total. The van der Waals surface area contributed by atoms with E-state index < -0.39 is 0 Å². The summed E-state index contributed by atoms with van der Waals surface area (Å²) in [6.07, 6.45) is 0. The van der Waals surface area contributed by atoms with Gasteiger partial charge in [-0.2, -0.15) is 0 Å². The summed E-state index contributed by atoms with van der Waals surface area (Å²) < 4.78 is 3.81. The van der Waals surface area contributed by atoms with Gasteiger partial charge in [0.15, 0.2) is 0 Å². The summed E-state index contributed by atoms with van der Waals surface area (Å²) in [6, 6.07) is 61.1. The number of thiazole rings is 1. The van der Waals surface area contributed by atoms with Gasteiger partial charge in [-0.1, -0.05) is 121 Å². The van der Waals surface area contributed by atoms with Crippen LogP contribution in [0.25, 0.3) is 59.0 Å². The Kier molecular flexibility index (Phi) is 6.03. The van der Waals surface area contributed by atoms with Gasteiger partial charge in [-0.25, -0.2) is 0 Å². The number of rotatable bonds is 5. The lowest BCUT2D eigenvalue weighted by atomic mass is 9.99. The van der Waals surface area contributed by atoms with Gasteiger partial charge in [0.2, 0.25) is 0 Å². The van der Waals surface area contributed by atoms with E-state index in [0.717, 1.165) is 17.1 Å². The van der Waals surface area contributed by atoms with Gasteiger partial charge in [-0.15, -0.1) is 11.3 Å². The van der Waals surface area contributed by atoms with E-state index in [1.165, 1.54) is 59.0 Å². The molecule has 0 saturated carbocycles. The van der Waals surface area contributed by atoms with E-state index in [1.54, 1.807) is 0 Å². The Morgan fingerprint density at radius 1 is 0.467 bits per heavy atom. The number of para-hydroxylation sites is 3. The summed E-state index contributed by atoms with van der Waals surface area (Å²) in [5.41, 5.74) is 11.0. The van der Waals surface area contributed by atoms with Crippen molar-refractivity contribution in [3.63, 3.8) is 0 Å². The number of hydrogen-bond acceptors (Lipinski definition) is 2. The molecule has 2 aromatic heterocycles. The summed E-state index contributed by atoms with van der Waals surface area (Å²) in [7, 11) is 0. The van der Waals surface area contributed by atoms with Crippen molar-refractivity contribution >= 4 is 65.1 Å². The fourth-order valence-corrected chi connectivity index (χ4v) is 8.14. The Morgan fingerprint density at radius 3 is 1.71 bits per heavy atom. The Bertz CT molecular complexity index is 2420. The van der Waals surface area contributed by atoms with Gasteiger partial charge in [0, 0.05) is 39.0 Å². The molecule has 0 aliphatic carbocycles. The first-order valence-corrected chi connectivity index (χ1v) is 16.1. The van der Waals surface area contributed by atoms with Crippen molar-refractivity contribution in [2.75, 3.05) is 4.90 Å². The number of fused-ring (bicyclic) bond motifs is 7. The highest BCUT2D eigenvalue weighted by atomic mass is 32.1. The Balaban J connectivity index is 1.29. The van der Waals surface area contributed by atoms with Crippen LogP contribution in [0.5, 0.6) is 0 Å². The summed E-state index contributed by atoms with van der Waals surface area (Å²) in [5, 5.41) is 3.81. The quantitative estimate of drug-likeness (QED) is 0.193. The van der Waals surface area contributed by atoms with Crippen molar-refractivity contribution in [3.05, 3.63) is 170 Å². The van der Waals surface area contributed by atoms with Crippen LogP contribution in [0, 0.1) is 0 Å². The molecule has 9 rings (SSSR count). The lowest BCUT2D eigenvalue weighted by Crippen LogP contribution is -2.09. The second-order valence-electron chi connectivity index (χ2n) is 11.4. The molecule has 0 N–H and O–H groups in total. The van der Waals surface area contributed by atoms with Crippen molar-refractivity contribution in [2.24, 2.45) is 0 Å². The van der Waals surface area contributed by atoms with Gasteiger partial charge < -0.3 is 4.90 Å². The van der Waals surface area contributed by atoms with Crippen molar-refractivity contribution in [1.82, 2.24) is 4.40 Å². The summed E-state index contributed by atoms with van der Waals surface area (Å²) >= 11 is 1.90. The smallest absolute Gasteiger partial charge is 0.109 e. The third kappa shape index (κ3) is 4.16. The SMILES string of the molecule is c1ccc(-c2c3ccccc3n3c2sc2c(-c4ccc(N(c5ccccc5)c5ccccc5)cc4)cc4ccccc4c23)cc1. The van der Waals surface area contributed by atoms with Gasteiger partial charge in [0.1, 0.15) is 4.83 Å². The molecule has 0 aliphatic rings. The fraction of sp³-hybridized carbons (Fsp3) is 0.